The van der Waals surface area contributed by atoms with Crippen LogP contribution < -0.4 is 0 Å². The third-order valence-electron chi connectivity index (χ3n) is 12.4. The zero-order chi connectivity index (χ0) is 28.1. The highest BCUT2D eigenvalue weighted by Crippen LogP contribution is 2.67. The van der Waals surface area contributed by atoms with Crippen LogP contribution in [0.5, 0.6) is 0 Å². The first-order valence-corrected chi connectivity index (χ1v) is 16.1. The van der Waals surface area contributed by atoms with Gasteiger partial charge in [0.25, 0.3) is 0 Å². The number of aliphatic hydroxyl groups excluding tert-OH is 4. The van der Waals surface area contributed by atoms with Crippen LogP contribution in [0.1, 0.15) is 105 Å². The van der Waals surface area contributed by atoms with E-state index in [-0.39, 0.29) is 11.5 Å². The van der Waals surface area contributed by atoms with Crippen molar-refractivity contribution in [2.24, 2.45) is 46.3 Å². The van der Waals surface area contributed by atoms with E-state index in [1.165, 1.54) is 56.9 Å². The van der Waals surface area contributed by atoms with Crippen LogP contribution in [0.4, 0.5) is 0 Å². The van der Waals surface area contributed by atoms with Crippen molar-refractivity contribution in [1.29, 1.82) is 0 Å². The van der Waals surface area contributed by atoms with Crippen LogP contribution in [0.3, 0.4) is 0 Å². The summed E-state index contributed by atoms with van der Waals surface area (Å²) in [6.45, 7) is 12.0. The molecule has 3 saturated carbocycles. The lowest BCUT2D eigenvalue weighted by atomic mass is 9.47. The molecule has 224 valence electrons. The van der Waals surface area contributed by atoms with Gasteiger partial charge in [-0.15, -0.1) is 0 Å². The Bertz CT molecular complexity index is 872. The normalized spacial score (nSPS) is 48.7. The molecule has 1 saturated heterocycles. The number of aliphatic hydroxyl groups is 4. The van der Waals surface area contributed by atoms with Gasteiger partial charge < -0.3 is 29.9 Å². The van der Waals surface area contributed by atoms with E-state index in [0.717, 1.165) is 54.8 Å². The minimum absolute atomic E-state index is 0.0984. The van der Waals surface area contributed by atoms with Gasteiger partial charge in [0.05, 0.1) is 12.7 Å². The summed E-state index contributed by atoms with van der Waals surface area (Å²) in [7, 11) is 0. The van der Waals surface area contributed by atoms with Crippen molar-refractivity contribution in [1.82, 2.24) is 0 Å². The van der Waals surface area contributed by atoms with Crippen molar-refractivity contribution in [3.8, 4) is 0 Å². The fraction of sp³-hybridized carbons (Fsp3) is 0.939. The van der Waals surface area contributed by atoms with E-state index >= 15 is 0 Å². The molecule has 1 aliphatic heterocycles. The lowest BCUT2D eigenvalue weighted by Gasteiger charge is -2.58. The van der Waals surface area contributed by atoms with Crippen molar-refractivity contribution < 1.29 is 29.9 Å². The Morgan fingerprint density at radius 2 is 1.72 bits per heavy atom. The molecule has 6 heteroatoms. The maximum Gasteiger partial charge on any atom is 0.186 e. The second-order valence-corrected chi connectivity index (χ2v) is 15.0. The molecule has 0 unspecified atom stereocenters. The molecule has 0 aromatic carbocycles. The molecule has 39 heavy (non-hydrogen) atoms. The summed E-state index contributed by atoms with van der Waals surface area (Å²) < 4.78 is 11.9. The second kappa shape index (κ2) is 11.6. The van der Waals surface area contributed by atoms with E-state index in [1.807, 2.05) is 0 Å². The number of rotatable bonds is 8. The molecule has 13 atom stereocenters. The van der Waals surface area contributed by atoms with Crippen LogP contribution in [0.2, 0.25) is 0 Å². The molecule has 6 nitrogen and oxygen atoms in total. The zero-order valence-corrected chi connectivity index (χ0v) is 25.1. The summed E-state index contributed by atoms with van der Waals surface area (Å²) in [4.78, 5) is 0. The van der Waals surface area contributed by atoms with Crippen molar-refractivity contribution in [2.75, 3.05) is 6.61 Å². The van der Waals surface area contributed by atoms with Gasteiger partial charge >= 0.3 is 0 Å². The van der Waals surface area contributed by atoms with Gasteiger partial charge in [-0.25, -0.2) is 0 Å². The molecule has 1 heterocycles. The van der Waals surface area contributed by atoms with Crippen LogP contribution in [0.15, 0.2) is 11.6 Å². The van der Waals surface area contributed by atoms with Crippen molar-refractivity contribution in [3.63, 3.8) is 0 Å². The molecule has 0 spiro atoms. The lowest BCUT2D eigenvalue weighted by Crippen LogP contribution is -2.60. The Kier molecular flexibility index (Phi) is 8.95. The van der Waals surface area contributed by atoms with Crippen LogP contribution in [-0.2, 0) is 9.47 Å². The van der Waals surface area contributed by atoms with Gasteiger partial charge in [0.2, 0.25) is 0 Å². The SMILES string of the molecule is CC(C)CCC[C@@H](C)[C@H]1CC[C@H]2[C@@H]3CC=C4C[C@@H](O[C@H]5O[C@H](CO)[C@H](O)[C@@H](O)[C@H]5O)CC[C@]4(C)[C@H]3CC[C@]12C. The molecule has 4 fully saturated rings. The Labute approximate surface area is 236 Å². The maximum absolute atomic E-state index is 10.5. The highest BCUT2D eigenvalue weighted by atomic mass is 16.7. The zero-order valence-electron chi connectivity index (χ0n) is 25.1. The molecular formula is C33H56O6. The number of hydrogen-bond acceptors (Lipinski definition) is 6. The topological polar surface area (TPSA) is 99.4 Å². The molecule has 4 aliphatic carbocycles. The van der Waals surface area contributed by atoms with Crippen LogP contribution in [0.25, 0.3) is 0 Å². The van der Waals surface area contributed by atoms with Gasteiger partial charge in [-0.3, -0.25) is 0 Å². The standard InChI is InChI=1S/C33H56O6/c1-19(2)7-6-8-20(3)24-11-12-25-23-10-9-21-17-22(13-15-32(21,4)26(23)14-16-33(24,25)5)38-31-30(37)29(36)28(35)27(18-34)39-31/h9,19-20,22-31,34-37H,6-8,10-18H2,1-5H3/t20-,22+,23+,24-,25+,26+,27-,28+,29-,30-,31+,32+,33-/m1/s1. The summed E-state index contributed by atoms with van der Waals surface area (Å²) in [6.07, 6.45) is 9.98. The smallest absolute Gasteiger partial charge is 0.186 e. The molecule has 0 bridgehead atoms. The third kappa shape index (κ3) is 5.41. The lowest BCUT2D eigenvalue weighted by molar-refractivity contribution is -0.313. The Morgan fingerprint density at radius 1 is 0.949 bits per heavy atom. The quantitative estimate of drug-likeness (QED) is 0.311. The number of fused-ring (bicyclic) bond motifs is 5. The first kappa shape index (κ1) is 30.0. The second-order valence-electron chi connectivity index (χ2n) is 15.0. The molecule has 5 aliphatic rings. The predicted octanol–water partition coefficient (Wildman–Crippen LogP) is 5.21. The van der Waals surface area contributed by atoms with Gasteiger partial charge in [0.1, 0.15) is 24.4 Å². The maximum atomic E-state index is 10.5. The van der Waals surface area contributed by atoms with Gasteiger partial charge in [-0.2, -0.15) is 0 Å². The first-order valence-electron chi connectivity index (χ1n) is 16.1. The molecule has 0 aromatic heterocycles. The highest BCUT2D eigenvalue weighted by Gasteiger charge is 2.59. The average molecular weight is 549 g/mol. The number of ether oxygens (including phenoxy) is 2. The fourth-order valence-corrected chi connectivity index (χ4v) is 10.1. The molecule has 0 radical (unpaired) electrons. The van der Waals surface area contributed by atoms with E-state index in [2.05, 4.69) is 40.7 Å². The van der Waals surface area contributed by atoms with Gasteiger partial charge in [-0.1, -0.05) is 65.5 Å². The molecule has 4 N–H and O–H groups in total. The number of hydrogen-bond donors (Lipinski definition) is 4. The minimum Gasteiger partial charge on any atom is -0.394 e. The van der Waals surface area contributed by atoms with E-state index in [9.17, 15) is 20.4 Å². The van der Waals surface area contributed by atoms with Gasteiger partial charge in [0, 0.05) is 0 Å². The Balaban J connectivity index is 1.24. The Hall–Kier alpha value is -0.500. The van der Waals surface area contributed by atoms with E-state index in [1.54, 1.807) is 0 Å². The van der Waals surface area contributed by atoms with Crippen molar-refractivity contribution >= 4 is 0 Å². The van der Waals surface area contributed by atoms with Crippen LogP contribution >= 0.6 is 0 Å². The van der Waals surface area contributed by atoms with Gasteiger partial charge in [0.15, 0.2) is 6.29 Å². The first-order chi connectivity index (χ1) is 18.5. The summed E-state index contributed by atoms with van der Waals surface area (Å²) in [6, 6.07) is 0. The largest absolute Gasteiger partial charge is 0.394 e. The average Bonchev–Trinajstić information content (AvgIpc) is 3.26. The molecular weight excluding hydrogens is 492 g/mol. The predicted molar refractivity (Wildman–Crippen MR) is 152 cm³/mol. The summed E-state index contributed by atoms with van der Waals surface area (Å²) in [5.41, 5.74) is 2.20. The Morgan fingerprint density at radius 3 is 2.44 bits per heavy atom. The third-order valence-corrected chi connectivity index (χ3v) is 12.4. The van der Waals surface area contributed by atoms with Gasteiger partial charge in [-0.05, 0) is 97.7 Å². The molecule has 5 rings (SSSR count). The number of allylic oxidation sites excluding steroid dienone is 1. The van der Waals surface area contributed by atoms with Crippen LogP contribution in [0, 0.1) is 46.3 Å². The summed E-state index contributed by atoms with van der Waals surface area (Å²) >= 11 is 0. The van der Waals surface area contributed by atoms with E-state index < -0.39 is 37.3 Å². The highest BCUT2D eigenvalue weighted by molar-refractivity contribution is 5.25. The van der Waals surface area contributed by atoms with Crippen molar-refractivity contribution in [3.05, 3.63) is 11.6 Å². The summed E-state index contributed by atoms with van der Waals surface area (Å²) in [5, 5.41) is 40.3. The van der Waals surface area contributed by atoms with Crippen LogP contribution in [-0.4, -0.2) is 63.8 Å². The summed E-state index contributed by atoms with van der Waals surface area (Å²) in [5.74, 6) is 4.87. The molecule has 0 amide bonds. The minimum atomic E-state index is -1.39. The van der Waals surface area contributed by atoms with E-state index in [4.69, 9.17) is 9.47 Å². The van der Waals surface area contributed by atoms with E-state index in [0.29, 0.717) is 5.41 Å². The molecule has 0 aromatic rings. The van der Waals surface area contributed by atoms with Crippen molar-refractivity contribution in [2.45, 2.75) is 142 Å². The monoisotopic (exact) mass is 548 g/mol. The fourth-order valence-electron chi connectivity index (χ4n) is 10.1.